The third-order valence-corrected chi connectivity index (χ3v) is 10.1. The van der Waals surface area contributed by atoms with Crippen LogP contribution in [-0.4, -0.2) is 42.6 Å². The lowest BCUT2D eigenvalue weighted by molar-refractivity contribution is -0.172. The van der Waals surface area contributed by atoms with Crippen molar-refractivity contribution in [3.8, 4) is 0 Å². The molecule has 0 aromatic rings. The first-order valence-corrected chi connectivity index (χ1v) is 11.4. The molecule has 3 saturated carbocycles. The molecule has 2 saturated heterocycles. The largest absolute Gasteiger partial charge is 0.469 e. The van der Waals surface area contributed by atoms with Gasteiger partial charge in [0.05, 0.1) is 25.2 Å². The third kappa shape index (κ3) is 2.07. The van der Waals surface area contributed by atoms with Crippen LogP contribution in [-0.2, 0) is 28.6 Å². The van der Waals surface area contributed by atoms with Crippen LogP contribution in [0, 0.1) is 34.5 Å². The summed E-state index contributed by atoms with van der Waals surface area (Å²) in [4.78, 5) is 37.4. The summed E-state index contributed by atoms with van der Waals surface area (Å²) in [6, 6.07) is 0. The molecule has 0 N–H and O–H groups in total. The van der Waals surface area contributed by atoms with Gasteiger partial charge in [0.2, 0.25) is 0 Å². The number of hydrogen-bond donors (Lipinski definition) is 0. The molecule has 3 unspecified atom stereocenters. The van der Waals surface area contributed by atoms with Crippen molar-refractivity contribution in [1.29, 1.82) is 0 Å². The second kappa shape index (κ2) is 5.76. The number of methoxy groups -OCH3 is 1. The predicted octanol–water partition coefficient (Wildman–Crippen LogP) is 2.98. The first kappa shape index (κ1) is 19.0. The molecule has 2 heterocycles. The Morgan fingerprint density at radius 1 is 1.17 bits per heavy atom. The Kier molecular flexibility index (Phi) is 3.65. The van der Waals surface area contributed by atoms with Crippen molar-refractivity contribution in [2.75, 3.05) is 7.11 Å². The zero-order valence-electron chi connectivity index (χ0n) is 17.9. The van der Waals surface area contributed by atoms with Gasteiger partial charge in [-0.3, -0.25) is 14.4 Å². The minimum absolute atomic E-state index is 0.0552. The molecule has 0 aromatic carbocycles. The monoisotopic (exact) mass is 414 g/mol. The zero-order chi connectivity index (χ0) is 21.1. The van der Waals surface area contributed by atoms with E-state index >= 15 is 0 Å². The molecule has 6 aliphatic rings. The average Bonchev–Trinajstić information content (AvgIpc) is 3.35. The van der Waals surface area contributed by atoms with Gasteiger partial charge < -0.3 is 14.2 Å². The molecule has 1 spiro atoms. The smallest absolute Gasteiger partial charge is 0.309 e. The van der Waals surface area contributed by atoms with E-state index in [0.29, 0.717) is 19.3 Å². The molecule has 0 amide bonds. The maximum absolute atomic E-state index is 13.0. The molecule has 0 radical (unpaired) electrons. The molecular weight excluding hydrogens is 384 g/mol. The highest BCUT2D eigenvalue weighted by Crippen LogP contribution is 2.75. The number of carbonyl (C=O) groups is 3. The number of allylic oxidation sites excluding steroid dienone is 1. The molecule has 5 fully saturated rings. The van der Waals surface area contributed by atoms with Crippen LogP contribution in [0.1, 0.15) is 58.8 Å². The summed E-state index contributed by atoms with van der Waals surface area (Å²) in [5.41, 5.74) is 0.262. The lowest BCUT2D eigenvalue weighted by Gasteiger charge is -2.58. The van der Waals surface area contributed by atoms with E-state index in [1.807, 2.05) is 0 Å². The molecule has 6 heteroatoms. The Labute approximate surface area is 176 Å². The molecule has 162 valence electrons. The van der Waals surface area contributed by atoms with Crippen molar-refractivity contribution in [2.45, 2.75) is 76.6 Å². The number of rotatable bonds is 1. The fourth-order valence-corrected chi connectivity index (χ4v) is 8.62. The van der Waals surface area contributed by atoms with E-state index in [-0.39, 0.29) is 64.4 Å². The van der Waals surface area contributed by atoms with Crippen LogP contribution in [0.15, 0.2) is 11.6 Å². The summed E-state index contributed by atoms with van der Waals surface area (Å²) in [5, 5.41) is 0. The molecule has 0 aromatic heterocycles. The number of ketones is 1. The summed E-state index contributed by atoms with van der Waals surface area (Å²) in [6.45, 7) is 4.52. The van der Waals surface area contributed by atoms with E-state index in [9.17, 15) is 14.4 Å². The first-order valence-electron chi connectivity index (χ1n) is 11.4. The van der Waals surface area contributed by atoms with Crippen molar-refractivity contribution >= 4 is 17.7 Å². The number of fused-ring (bicyclic) bond motifs is 9. The first-order chi connectivity index (χ1) is 14.2. The molecule has 4 aliphatic carbocycles. The van der Waals surface area contributed by atoms with Crippen LogP contribution in [0.5, 0.6) is 0 Å². The van der Waals surface area contributed by atoms with E-state index < -0.39 is 5.60 Å². The summed E-state index contributed by atoms with van der Waals surface area (Å²) in [5.74, 6) is 0.176. The molecule has 6 nitrogen and oxygen atoms in total. The summed E-state index contributed by atoms with van der Waals surface area (Å²) >= 11 is 0. The van der Waals surface area contributed by atoms with Crippen LogP contribution in [0.4, 0.5) is 0 Å². The average molecular weight is 414 g/mol. The van der Waals surface area contributed by atoms with Crippen molar-refractivity contribution < 1.29 is 28.6 Å². The van der Waals surface area contributed by atoms with Crippen LogP contribution in [0.2, 0.25) is 0 Å². The van der Waals surface area contributed by atoms with Gasteiger partial charge in [0.1, 0.15) is 5.60 Å². The number of hydrogen-bond acceptors (Lipinski definition) is 6. The van der Waals surface area contributed by atoms with Gasteiger partial charge in [0.15, 0.2) is 5.78 Å². The van der Waals surface area contributed by atoms with Crippen LogP contribution < -0.4 is 0 Å². The maximum atomic E-state index is 13.0. The van der Waals surface area contributed by atoms with E-state index in [1.54, 1.807) is 6.08 Å². The fraction of sp³-hybridized carbons (Fsp3) is 0.792. The van der Waals surface area contributed by atoms with Crippen molar-refractivity contribution in [3.05, 3.63) is 11.6 Å². The number of ether oxygens (including phenoxy) is 3. The minimum atomic E-state index is -0.459. The standard InChI is InChI=1S/C24H30O6/c1-22-7-4-13(25)10-12(22)11-14(21(27)28-3)17-15-5-8-24(9-6-16(26)30-24)23(15,2)20-19(29-20)18(17)22/h10,14-15,17-20H,4-9,11H2,1-3H3/t14-,15?,17?,18?,19+,20+,22+,23-,24-/m1/s1. The van der Waals surface area contributed by atoms with Gasteiger partial charge >= 0.3 is 11.9 Å². The predicted molar refractivity (Wildman–Crippen MR) is 105 cm³/mol. The van der Waals surface area contributed by atoms with Crippen molar-refractivity contribution in [2.24, 2.45) is 34.5 Å². The van der Waals surface area contributed by atoms with E-state index in [1.165, 1.54) is 7.11 Å². The van der Waals surface area contributed by atoms with E-state index in [0.717, 1.165) is 31.3 Å². The quantitative estimate of drug-likeness (QED) is 0.485. The van der Waals surface area contributed by atoms with Gasteiger partial charge in [-0.05, 0) is 55.4 Å². The number of carbonyl (C=O) groups excluding carboxylic acids is 3. The van der Waals surface area contributed by atoms with E-state index in [2.05, 4.69) is 13.8 Å². The van der Waals surface area contributed by atoms with Gasteiger partial charge in [0.25, 0.3) is 0 Å². The highest BCUT2D eigenvalue weighted by Gasteiger charge is 2.79. The van der Waals surface area contributed by atoms with E-state index in [4.69, 9.17) is 14.2 Å². The van der Waals surface area contributed by atoms with Gasteiger partial charge in [-0.15, -0.1) is 0 Å². The van der Waals surface area contributed by atoms with Crippen molar-refractivity contribution in [3.63, 3.8) is 0 Å². The second-order valence-corrected chi connectivity index (χ2v) is 10.9. The second-order valence-electron chi connectivity index (χ2n) is 10.9. The van der Waals surface area contributed by atoms with Gasteiger partial charge in [-0.25, -0.2) is 0 Å². The SMILES string of the molecule is COC(=O)[C@@H]1CC2=CC(=O)CC[C@]2(C)C2C1C1CC[C@@]3(CCC(=O)O3)[C@@]1(C)[C@H]1O[C@@H]21. The maximum Gasteiger partial charge on any atom is 0.309 e. The summed E-state index contributed by atoms with van der Waals surface area (Å²) < 4.78 is 17.7. The van der Waals surface area contributed by atoms with Crippen LogP contribution in [0.3, 0.4) is 0 Å². The Morgan fingerprint density at radius 3 is 2.67 bits per heavy atom. The molecule has 30 heavy (non-hydrogen) atoms. The minimum Gasteiger partial charge on any atom is -0.469 e. The summed E-state index contributed by atoms with van der Waals surface area (Å²) in [7, 11) is 1.46. The highest BCUT2D eigenvalue weighted by molar-refractivity contribution is 5.92. The Bertz CT molecular complexity index is 892. The Morgan fingerprint density at radius 2 is 1.97 bits per heavy atom. The number of epoxide rings is 1. The molecule has 6 rings (SSSR count). The Balaban J connectivity index is 1.48. The molecule has 2 aliphatic heterocycles. The van der Waals surface area contributed by atoms with Crippen LogP contribution >= 0.6 is 0 Å². The normalized spacial score (nSPS) is 53.2. The van der Waals surface area contributed by atoms with Crippen LogP contribution in [0.25, 0.3) is 0 Å². The van der Waals surface area contributed by atoms with Gasteiger partial charge in [0, 0.05) is 24.2 Å². The lowest BCUT2D eigenvalue weighted by atomic mass is 9.44. The fourth-order valence-electron chi connectivity index (χ4n) is 8.62. The Hall–Kier alpha value is -1.69. The summed E-state index contributed by atoms with van der Waals surface area (Å²) in [6.07, 6.45) is 6.91. The topological polar surface area (TPSA) is 82.2 Å². The highest BCUT2D eigenvalue weighted by atomic mass is 16.6. The third-order valence-electron chi connectivity index (χ3n) is 10.1. The zero-order valence-corrected chi connectivity index (χ0v) is 17.9. The van der Waals surface area contributed by atoms with Gasteiger partial charge in [-0.2, -0.15) is 0 Å². The van der Waals surface area contributed by atoms with Crippen molar-refractivity contribution in [1.82, 2.24) is 0 Å². The number of esters is 2. The van der Waals surface area contributed by atoms with Gasteiger partial charge in [-0.1, -0.05) is 19.4 Å². The molecular formula is C24H30O6. The lowest BCUT2D eigenvalue weighted by Crippen LogP contribution is -2.61. The molecule has 0 bridgehead atoms. The molecule has 9 atom stereocenters.